The zero-order valence-corrected chi connectivity index (χ0v) is 12.1. The Morgan fingerprint density at radius 3 is 2.65 bits per heavy atom. The number of aryl methyl sites for hydroxylation is 1. The maximum atomic E-state index is 12.3. The van der Waals surface area contributed by atoms with Gasteiger partial charge in [-0.2, -0.15) is 0 Å². The van der Waals surface area contributed by atoms with Crippen LogP contribution in [0.2, 0.25) is 0 Å². The number of carbonyl (C=O) groups is 2. The van der Waals surface area contributed by atoms with Crippen molar-refractivity contribution in [1.29, 1.82) is 0 Å². The predicted octanol–water partition coefficient (Wildman–Crippen LogP) is 1.89. The van der Waals surface area contributed by atoms with Gasteiger partial charge in [0.15, 0.2) is 0 Å². The minimum atomic E-state index is -0.125. The number of nitrogens with one attached hydrogen (secondary N) is 3. The number of rotatable bonds is 3. The zero-order chi connectivity index (χ0) is 14.7. The van der Waals surface area contributed by atoms with Crippen molar-refractivity contribution in [3.05, 3.63) is 23.8 Å². The highest BCUT2D eigenvalue weighted by molar-refractivity contribution is 5.95. The first-order chi connectivity index (χ1) is 9.47. The van der Waals surface area contributed by atoms with Gasteiger partial charge in [0.05, 0.1) is 5.92 Å². The maximum absolute atomic E-state index is 12.3. The lowest BCUT2D eigenvalue weighted by molar-refractivity contribution is -0.120. The molecule has 1 aromatic carbocycles. The summed E-state index contributed by atoms with van der Waals surface area (Å²) < 4.78 is 0. The molecule has 0 aliphatic carbocycles. The summed E-state index contributed by atoms with van der Waals surface area (Å²) in [5.41, 5.74) is 2.42. The second kappa shape index (κ2) is 6.05. The first-order valence-electron chi connectivity index (χ1n) is 6.90. The van der Waals surface area contributed by atoms with Crippen molar-refractivity contribution in [3.8, 4) is 0 Å². The van der Waals surface area contributed by atoms with E-state index >= 15 is 0 Å². The monoisotopic (exact) mass is 275 g/mol. The van der Waals surface area contributed by atoms with E-state index in [2.05, 4.69) is 16.0 Å². The predicted molar refractivity (Wildman–Crippen MR) is 79.7 cm³/mol. The van der Waals surface area contributed by atoms with E-state index in [0.717, 1.165) is 24.2 Å². The van der Waals surface area contributed by atoms with E-state index in [4.69, 9.17) is 0 Å². The molecule has 1 aromatic rings. The Hall–Kier alpha value is -1.88. The summed E-state index contributed by atoms with van der Waals surface area (Å²) in [5.74, 6) is -0.0934. The second-order valence-electron chi connectivity index (χ2n) is 5.34. The van der Waals surface area contributed by atoms with Crippen molar-refractivity contribution in [2.45, 2.75) is 33.2 Å². The molecule has 1 aliphatic heterocycles. The van der Waals surface area contributed by atoms with E-state index in [1.165, 1.54) is 6.92 Å². The Morgan fingerprint density at radius 2 is 2.05 bits per heavy atom. The van der Waals surface area contributed by atoms with Gasteiger partial charge in [-0.1, -0.05) is 6.07 Å². The van der Waals surface area contributed by atoms with E-state index in [1.54, 1.807) is 6.07 Å². The minimum Gasteiger partial charge on any atom is -0.326 e. The number of hydrogen-bond acceptors (Lipinski definition) is 3. The molecule has 2 atom stereocenters. The Kier molecular flexibility index (Phi) is 4.39. The highest BCUT2D eigenvalue weighted by Gasteiger charge is 2.29. The number of carbonyl (C=O) groups excluding carboxylic acids is 2. The molecule has 0 aromatic heterocycles. The van der Waals surface area contributed by atoms with Crippen molar-refractivity contribution in [2.24, 2.45) is 5.92 Å². The van der Waals surface area contributed by atoms with Crippen molar-refractivity contribution in [2.75, 3.05) is 17.2 Å². The summed E-state index contributed by atoms with van der Waals surface area (Å²) in [4.78, 5) is 23.3. The van der Waals surface area contributed by atoms with Crippen LogP contribution in [0.25, 0.3) is 0 Å². The Balaban J connectivity index is 2.11. The molecule has 0 radical (unpaired) electrons. The van der Waals surface area contributed by atoms with Crippen LogP contribution in [-0.4, -0.2) is 24.4 Å². The van der Waals surface area contributed by atoms with Gasteiger partial charge < -0.3 is 16.0 Å². The lowest BCUT2D eigenvalue weighted by atomic mass is 10.0. The van der Waals surface area contributed by atoms with Crippen molar-refractivity contribution in [1.82, 2.24) is 5.32 Å². The SMILES string of the molecule is CC(=O)Nc1ccc(C)c(NC(=O)C2CCNC2C)c1. The molecule has 1 fully saturated rings. The average molecular weight is 275 g/mol. The third-order valence-electron chi connectivity index (χ3n) is 3.68. The number of hydrogen-bond donors (Lipinski definition) is 3. The lowest BCUT2D eigenvalue weighted by Gasteiger charge is -2.17. The first-order valence-corrected chi connectivity index (χ1v) is 6.90. The van der Waals surface area contributed by atoms with Crippen LogP contribution in [0, 0.1) is 12.8 Å². The summed E-state index contributed by atoms with van der Waals surface area (Å²) in [6.45, 7) is 6.30. The minimum absolute atomic E-state index is 0.00109. The van der Waals surface area contributed by atoms with Crippen molar-refractivity contribution in [3.63, 3.8) is 0 Å². The molecule has 1 aliphatic rings. The molecular formula is C15H21N3O2. The van der Waals surface area contributed by atoms with Gasteiger partial charge in [-0.15, -0.1) is 0 Å². The third-order valence-corrected chi connectivity index (χ3v) is 3.68. The zero-order valence-electron chi connectivity index (χ0n) is 12.1. The number of amides is 2. The smallest absolute Gasteiger partial charge is 0.229 e. The molecule has 1 heterocycles. The summed E-state index contributed by atoms with van der Waals surface area (Å²) in [6.07, 6.45) is 0.859. The van der Waals surface area contributed by atoms with Crippen LogP contribution < -0.4 is 16.0 Å². The quantitative estimate of drug-likeness (QED) is 0.789. The van der Waals surface area contributed by atoms with Crippen LogP contribution in [0.4, 0.5) is 11.4 Å². The highest BCUT2D eigenvalue weighted by Crippen LogP contribution is 2.23. The molecule has 0 saturated carbocycles. The summed E-state index contributed by atoms with van der Waals surface area (Å²) in [7, 11) is 0. The number of benzene rings is 1. The van der Waals surface area contributed by atoms with E-state index < -0.39 is 0 Å². The van der Waals surface area contributed by atoms with Gasteiger partial charge in [-0.3, -0.25) is 9.59 Å². The standard InChI is InChI=1S/C15H21N3O2/c1-9-4-5-12(17-11(3)19)8-14(9)18-15(20)13-6-7-16-10(13)2/h4-5,8,10,13,16H,6-7H2,1-3H3,(H,17,19)(H,18,20). The summed E-state index contributed by atoms with van der Waals surface area (Å²) in [5, 5.41) is 8.96. The van der Waals surface area contributed by atoms with Gasteiger partial charge in [-0.05, 0) is 44.5 Å². The van der Waals surface area contributed by atoms with Crippen molar-refractivity contribution >= 4 is 23.2 Å². The van der Waals surface area contributed by atoms with Crippen LogP contribution >= 0.6 is 0 Å². The normalized spacial score (nSPS) is 21.6. The molecule has 20 heavy (non-hydrogen) atoms. The Labute approximate surface area is 119 Å². The van der Waals surface area contributed by atoms with Gasteiger partial charge in [0, 0.05) is 24.3 Å². The van der Waals surface area contributed by atoms with Crippen LogP contribution in [0.15, 0.2) is 18.2 Å². The van der Waals surface area contributed by atoms with Gasteiger partial charge >= 0.3 is 0 Å². The van der Waals surface area contributed by atoms with Crippen LogP contribution in [0.3, 0.4) is 0 Å². The molecule has 2 rings (SSSR count). The molecule has 5 heteroatoms. The van der Waals surface area contributed by atoms with Gasteiger partial charge in [0.1, 0.15) is 0 Å². The molecule has 2 unspecified atom stereocenters. The van der Waals surface area contributed by atoms with E-state index in [1.807, 2.05) is 26.0 Å². The molecule has 108 valence electrons. The summed E-state index contributed by atoms with van der Waals surface area (Å²) in [6, 6.07) is 5.71. The van der Waals surface area contributed by atoms with Crippen LogP contribution in [0.5, 0.6) is 0 Å². The second-order valence-corrected chi connectivity index (χ2v) is 5.34. The number of anilines is 2. The fourth-order valence-corrected chi connectivity index (χ4v) is 2.48. The van der Waals surface area contributed by atoms with Crippen molar-refractivity contribution < 1.29 is 9.59 Å². The van der Waals surface area contributed by atoms with Gasteiger partial charge in [0.2, 0.25) is 11.8 Å². The Morgan fingerprint density at radius 1 is 1.30 bits per heavy atom. The van der Waals surface area contributed by atoms with Gasteiger partial charge in [-0.25, -0.2) is 0 Å². The molecular weight excluding hydrogens is 254 g/mol. The molecule has 0 spiro atoms. The molecule has 1 saturated heterocycles. The third kappa shape index (κ3) is 3.36. The maximum Gasteiger partial charge on any atom is 0.229 e. The lowest BCUT2D eigenvalue weighted by Crippen LogP contribution is -2.32. The molecule has 2 amide bonds. The van der Waals surface area contributed by atoms with Crippen LogP contribution in [-0.2, 0) is 9.59 Å². The first kappa shape index (κ1) is 14.5. The molecule has 0 bridgehead atoms. The highest BCUT2D eigenvalue weighted by atomic mass is 16.2. The van der Waals surface area contributed by atoms with E-state index in [-0.39, 0.29) is 23.8 Å². The largest absolute Gasteiger partial charge is 0.326 e. The topological polar surface area (TPSA) is 70.2 Å². The van der Waals surface area contributed by atoms with Crippen LogP contribution in [0.1, 0.15) is 25.8 Å². The average Bonchev–Trinajstić information content (AvgIpc) is 2.79. The van der Waals surface area contributed by atoms with Gasteiger partial charge in [0.25, 0.3) is 0 Å². The van der Waals surface area contributed by atoms with E-state index in [9.17, 15) is 9.59 Å². The summed E-state index contributed by atoms with van der Waals surface area (Å²) >= 11 is 0. The fraction of sp³-hybridized carbons (Fsp3) is 0.467. The van der Waals surface area contributed by atoms with E-state index in [0.29, 0.717) is 5.69 Å². The Bertz CT molecular complexity index is 528. The molecule has 5 nitrogen and oxygen atoms in total. The fourth-order valence-electron chi connectivity index (χ4n) is 2.48. The molecule has 3 N–H and O–H groups in total.